The summed E-state index contributed by atoms with van der Waals surface area (Å²) in [5.41, 5.74) is 0. The van der Waals surface area contributed by atoms with E-state index in [1.54, 1.807) is 12.1 Å². The highest BCUT2D eigenvalue weighted by Gasteiger charge is 2.15. The molecular weight excluding hydrogens is 179 g/mol. The highest BCUT2D eigenvalue weighted by atomic mass is 19.1. The highest BCUT2D eigenvalue weighted by Crippen LogP contribution is 2.26. The Hall–Kier alpha value is -1.05. The Morgan fingerprint density at radius 1 is 1.43 bits per heavy atom. The summed E-state index contributed by atoms with van der Waals surface area (Å²) in [6.45, 7) is 0.654. The second-order valence-corrected chi connectivity index (χ2v) is 3.82. The predicted octanol–water partition coefficient (Wildman–Crippen LogP) is 3.19. The minimum absolute atomic E-state index is 0.314. The van der Waals surface area contributed by atoms with Gasteiger partial charge in [-0.3, -0.25) is 0 Å². The van der Waals surface area contributed by atoms with E-state index >= 15 is 0 Å². The molecule has 1 aliphatic carbocycles. The van der Waals surface area contributed by atoms with Gasteiger partial charge < -0.3 is 4.74 Å². The van der Waals surface area contributed by atoms with E-state index in [0.717, 1.165) is 0 Å². The first-order chi connectivity index (χ1) is 6.86. The van der Waals surface area contributed by atoms with Gasteiger partial charge in [-0.1, -0.05) is 18.9 Å². The Morgan fingerprint density at radius 2 is 2.21 bits per heavy atom. The third kappa shape index (κ3) is 2.25. The molecule has 2 heteroatoms. The predicted molar refractivity (Wildman–Crippen MR) is 52.7 cm³/mol. The number of halogens is 1. The van der Waals surface area contributed by atoms with Crippen LogP contribution in [0.15, 0.2) is 18.2 Å². The average Bonchev–Trinajstić information content (AvgIpc) is 2.69. The monoisotopic (exact) mass is 193 g/mol. The van der Waals surface area contributed by atoms with E-state index in [4.69, 9.17) is 4.74 Å². The molecule has 1 nitrogen and oxygen atoms in total. The summed E-state index contributed by atoms with van der Waals surface area (Å²) in [6.07, 6.45) is 5.03. The maximum absolute atomic E-state index is 13.1. The van der Waals surface area contributed by atoms with Crippen molar-refractivity contribution in [2.75, 3.05) is 6.61 Å². The molecule has 0 bridgehead atoms. The maximum atomic E-state index is 13.1. The van der Waals surface area contributed by atoms with Crippen LogP contribution in [0.25, 0.3) is 0 Å². The van der Waals surface area contributed by atoms with E-state index in [0.29, 0.717) is 18.3 Å². The van der Waals surface area contributed by atoms with Crippen LogP contribution in [0.4, 0.5) is 4.39 Å². The minimum Gasteiger partial charge on any atom is -0.490 e. The van der Waals surface area contributed by atoms with Crippen molar-refractivity contribution in [1.29, 1.82) is 0 Å². The zero-order valence-corrected chi connectivity index (χ0v) is 8.13. The van der Waals surface area contributed by atoms with Gasteiger partial charge in [-0.15, -0.1) is 0 Å². The number of hydrogen-bond acceptors (Lipinski definition) is 1. The lowest BCUT2D eigenvalue weighted by Crippen LogP contribution is -2.08. The van der Waals surface area contributed by atoms with Crippen LogP contribution in [0.5, 0.6) is 5.75 Å². The van der Waals surface area contributed by atoms with Crippen LogP contribution in [0.2, 0.25) is 0 Å². The maximum Gasteiger partial charge on any atom is 0.165 e. The average molecular weight is 193 g/mol. The van der Waals surface area contributed by atoms with E-state index in [2.05, 4.69) is 6.07 Å². The van der Waals surface area contributed by atoms with Gasteiger partial charge in [-0.2, -0.15) is 0 Å². The van der Waals surface area contributed by atoms with Gasteiger partial charge in [0.05, 0.1) is 6.61 Å². The van der Waals surface area contributed by atoms with Crippen LogP contribution in [0, 0.1) is 17.8 Å². The highest BCUT2D eigenvalue weighted by molar-refractivity contribution is 5.22. The quantitative estimate of drug-likeness (QED) is 0.716. The first-order valence-corrected chi connectivity index (χ1v) is 5.14. The molecule has 75 valence electrons. The molecule has 0 unspecified atom stereocenters. The van der Waals surface area contributed by atoms with Crippen molar-refractivity contribution in [2.24, 2.45) is 5.92 Å². The van der Waals surface area contributed by atoms with Crippen molar-refractivity contribution < 1.29 is 9.13 Å². The Bertz CT molecular complexity index is 292. The third-order valence-electron chi connectivity index (χ3n) is 2.73. The Labute approximate surface area is 83.9 Å². The number of hydrogen-bond donors (Lipinski definition) is 0. The molecule has 0 spiro atoms. The Kier molecular flexibility index (Phi) is 3.02. The van der Waals surface area contributed by atoms with Crippen LogP contribution >= 0.6 is 0 Å². The topological polar surface area (TPSA) is 9.23 Å². The van der Waals surface area contributed by atoms with Crippen molar-refractivity contribution in [3.63, 3.8) is 0 Å². The van der Waals surface area contributed by atoms with Gasteiger partial charge in [0.25, 0.3) is 0 Å². The zero-order valence-electron chi connectivity index (χ0n) is 8.13. The summed E-state index contributed by atoms with van der Waals surface area (Å²) in [5, 5.41) is 0. The Morgan fingerprint density at radius 3 is 2.93 bits per heavy atom. The summed E-state index contributed by atoms with van der Waals surface area (Å²) in [7, 11) is 0. The molecule has 0 N–H and O–H groups in total. The van der Waals surface area contributed by atoms with Crippen LogP contribution in [-0.2, 0) is 0 Å². The van der Waals surface area contributed by atoms with Gasteiger partial charge in [-0.05, 0) is 37.0 Å². The van der Waals surface area contributed by atoms with E-state index in [-0.39, 0.29) is 5.82 Å². The van der Waals surface area contributed by atoms with E-state index in [1.165, 1.54) is 31.7 Å². The lowest BCUT2D eigenvalue weighted by Gasteiger charge is -2.11. The van der Waals surface area contributed by atoms with Crippen molar-refractivity contribution in [3.8, 4) is 5.75 Å². The molecule has 14 heavy (non-hydrogen) atoms. The normalized spacial score (nSPS) is 17.2. The second-order valence-electron chi connectivity index (χ2n) is 3.82. The van der Waals surface area contributed by atoms with Gasteiger partial charge in [0.15, 0.2) is 11.6 Å². The van der Waals surface area contributed by atoms with Gasteiger partial charge in [-0.25, -0.2) is 4.39 Å². The van der Waals surface area contributed by atoms with Crippen molar-refractivity contribution in [3.05, 3.63) is 30.1 Å². The standard InChI is InChI=1S/C12H14FO/c13-11-7-3-4-8-12(11)14-9-10-5-1-2-6-10/h4,7-8,10H,1-2,5-6,9H2. The smallest absolute Gasteiger partial charge is 0.165 e. The Balaban J connectivity index is 1.88. The van der Waals surface area contributed by atoms with Crippen molar-refractivity contribution in [2.45, 2.75) is 25.7 Å². The van der Waals surface area contributed by atoms with E-state index in [9.17, 15) is 4.39 Å². The second kappa shape index (κ2) is 4.45. The lowest BCUT2D eigenvalue weighted by atomic mass is 10.1. The molecule has 0 amide bonds. The van der Waals surface area contributed by atoms with Crippen LogP contribution in [0.1, 0.15) is 25.7 Å². The molecule has 1 aromatic carbocycles. The van der Waals surface area contributed by atoms with Gasteiger partial charge in [0, 0.05) is 0 Å². The molecule has 1 saturated carbocycles. The molecule has 0 heterocycles. The van der Waals surface area contributed by atoms with Crippen LogP contribution < -0.4 is 4.74 Å². The summed E-state index contributed by atoms with van der Waals surface area (Å²) in [4.78, 5) is 0. The number of benzene rings is 1. The van der Waals surface area contributed by atoms with Crippen LogP contribution in [-0.4, -0.2) is 6.61 Å². The fraction of sp³-hybridized carbons (Fsp3) is 0.500. The molecule has 0 saturated heterocycles. The van der Waals surface area contributed by atoms with Gasteiger partial charge in [0.2, 0.25) is 0 Å². The van der Waals surface area contributed by atoms with Crippen LogP contribution in [0.3, 0.4) is 0 Å². The molecule has 1 aliphatic rings. The largest absolute Gasteiger partial charge is 0.490 e. The lowest BCUT2D eigenvalue weighted by molar-refractivity contribution is 0.242. The number of ether oxygens (including phenoxy) is 1. The van der Waals surface area contributed by atoms with Crippen molar-refractivity contribution in [1.82, 2.24) is 0 Å². The third-order valence-corrected chi connectivity index (χ3v) is 2.73. The molecule has 1 fully saturated rings. The molecule has 2 rings (SSSR count). The van der Waals surface area contributed by atoms with Gasteiger partial charge in [0.1, 0.15) is 0 Å². The number of rotatable bonds is 3. The van der Waals surface area contributed by atoms with Gasteiger partial charge >= 0.3 is 0 Å². The summed E-state index contributed by atoms with van der Waals surface area (Å²) < 4.78 is 18.5. The molecule has 1 aromatic rings. The van der Waals surface area contributed by atoms with E-state index in [1.807, 2.05) is 0 Å². The molecular formula is C12H14FO. The first kappa shape index (κ1) is 9.50. The first-order valence-electron chi connectivity index (χ1n) is 5.14. The van der Waals surface area contributed by atoms with E-state index < -0.39 is 0 Å². The molecule has 0 atom stereocenters. The SMILES string of the molecule is Fc1c[c]ccc1OCC1CCCC1. The molecule has 0 aromatic heterocycles. The zero-order chi connectivity index (χ0) is 9.80. The van der Waals surface area contributed by atoms with Crippen molar-refractivity contribution >= 4 is 0 Å². The fourth-order valence-electron chi connectivity index (χ4n) is 1.90. The molecule has 1 radical (unpaired) electrons. The fourth-order valence-corrected chi connectivity index (χ4v) is 1.90. The summed E-state index contributed by atoms with van der Waals surface area (Å²) in [5.74, 6) is 0.666. The summed E-state index contributed by atoms with van der Waals surface area (Å²) in [6, 6.07) is 7.29. The summed E-state index contributed by atoms with van der Waals surface area (Å²) >= 11 is 0. The molecule has 0 aliphatic heterocycles. The minimum atomic E-state index is -0.314.